The summed E-state index contributed by atoms with van der Waals surface area (Å²) < 4.78 is 31.8. The van der Waals surface area contributed by atoms with Gasteiger partial charge in [0.2, 0.25) is 15.9 Å². The molecule has 6 nitrogen and oxygen atoms in total. The van der Waals surface area contributed by atoms with Gasteiger partial charge < -0.3 is 10.1 Å². The molecule has 0 fully saturated rings. The van der Waals surface area contributed by atoms with E-state index in [-0.39, 0.29) is 11.9 Å². The van der Waals surface area contributed by atoms with E-state index in [0.29, 0.717) is 11.4 Å². The number of aryl methyl sites for hydroxylation is 4. The molecule has 0 bridgehead atoms. The van der Waals surface area contributed by atoms with E-state index in [1.165, 1.54) is 12.7 Å². The van der Waals surface area contributed by atoms with Crippen molar-refractivity contribution in [3.05, 3.63) is 58.1 Å². The second-order valence-corrected chi connectivity index (χ2v) is 9.79. The van der Waals surface area contributed by atoms with E-state index in [1.54, 1.807) is 19.1 Å². The van der Waals surface area contributed by atoms with E-state index in [2.05, 4.69) is 24.4 Å². The molecule has 164 valence electrons. The van der Waals surface area contributed by atoms with Crippen LogP contribution in [0.15, 0.2) is 30.3 Å². The van der Waals surface area contributed by atoms with Crippen LogP contribution >= 0.6 is 0 Å². The lowest BCUT2D eigenvalue weighted by Crippen LogP contribution is -2.48. The highest BCUT2D eigenvalue weighted by atomic mass is 32.2. The number of carbonyl (C=O) groups is 1. The van der Waals surface area contributed by atoms with E-state index < -0.39 is 16.1 Å². The van der Waals surface area contributed by atoms with Gasteiger partial charge in [0.1, 0.15) is 11.8 Å². The number of rotatable bonds is 7. The molecular weight excluding hydrogens is 400 g/mol. The number of nitrogens with zero attached hydrogens (tertiary/aromatic N) is 1. The molecule has 2 atom stereocenters. The van der Waals surface area contributed by atoms with Crippen LogP contribution in [0.1, 0.15) is 47.7 Å². The van der Waals surface area contributed by atoms with E-state index >= 15 is 0 Å². The lowest BCUT2D eigenvalue weighted by Gasteiger charge is -2.30. The summed E-state index contributed by atoms with van der Waals surface area (Å²) in [6.07, 6.45) is 1.09. The molecule has 0 aliphatic heterocycles. The summed E-state index contributed by atoms with van der Waals surface area (Å²) in [4.78, 5) is 13.1. The molecule has 0 radical (unpaired) electrons. The van der Waals surface area contributed by atoms with Crippen LogP contribution in [-0.4, -0.2) is 33.7 Å². The lowest BCUT2D eigenvalue weighted by atomic mass is 9.96. The fourth-order valence-electron chi connectivity index (χ4n) is 3.61. The van der Waals surface area contributed by atoms with Crippen LogP contribution in [0.4, 0.5) is 5.69 Å². The number of hydrogen-bond acceptors (Lipinski definition) is 4. The first-order chi connectivity index (χ1) is 13.9. The van der Waals surface area contributed by atoms with Gasteiger partial charge in [0.15, 0.2) is 0 Å². The van der Waals surface area contributed by atoms with Crippen molar-refractivity contribution < 1.29 is 17.9 Å². The standard InChI is InChI=1S/C23H32N2O4S/c1-14-9-10-22(29-7)21(11-14)25(30(8,27)28)19(6)23(26)24-18(5)20-13-16(3)15(2)12-17(20)4/h9-13,18-19H,1-8H3,(H,24,26)/t18-,19-/m1/s1. The average Bonchev–Trinajstić information content (AvgIpc) is 2.63. The van der Waals surface area contributed by atoms with Gasteiger partial charge in [-0.2, -0.15) is 0 Å². The molecule has 2 rings (SSSR count). The summed E-state index contributed by atoms with van der Waals surface area (Å²) in [5.41, 5.74) is 5.64. The molecule has 0 saturated carbocycles. The average molecular weight is 433 g/mol. The van der Waals surface area contributed by atoms with Gasteiger partial charge in [0.05, 0.1) is 25.1 Å². The Labute approximate surface area is 180 Å². The third kappa shape index (κ3) is 5.14. The van der Waals surface area contributed by atoms with E-state index in [1.807, 2.05) is 33.8 Å². The molecule has 7 heteroatoms. The summed E-state index contributed by atoms with van der Waals surface area (Å²) >= 11 is 0. The van der Waals surface area contributed by atoms with Gasteiger partial charge in [0, 0.05) is 0 Å². The van der Waals surface area contributed by atoms with Crippen molar-refractivity contribution in [2.75, 3.05) is 17.7 Å². The van der Waals surface area contributed by atoms with E-state index in [9.17, 15) is 13.2 Å². The quantitative estimate of drug-likeness (QED) is 0.719. The summed E-state index contributed by atoms with van der Waals surface area (Å²) in [7, 11) is -2.26. The molecule has 2 aromatic rings. The number of nitrogens with one attached hydrogen (secondary N) is 1. The Balaban J connectivity index is 2.38. The first kappa shape index (κ1) is 23.7. The first-order valence-corrected chi connectivity index (χ1v) is 11.7. The minimum absolute atomic E-state index is 0.264. The predicted molar refractivity (Wildman–Crippen MR) is 122 cm³/mol. The van der Waals surface area contributed by atoms with Crippen molar-refractivity contribution in [3.63, 3.8) is 0 Å². The lowest BCUT2D eigenvalue weighted by molar-refractivity contribution is -0.122. The number of anilines is 1. The number of ether oxygens (including phenoxy) is 1. The maximum atomic E-state index is 13.1. The van der Waals surface area contributed by atoms with Gasteiger partial charge >= 0.3 is 0 Å². The van der Waals surface area contributed by atoms with Gasteiger partial charge in [-0.15, -0.1) is 0 Å². The molecule has 0 spiro atoms. The number of benzene rings is 2. The molecule has 0 aliphatic carbocycles. The third-order valence-electron chi connectivity index (χ3n) is 5.37. The van der Waals surface area contributed by atoms with Crippen LogP contribution < -0.4 is 14.4 Å². The molecule has 0 saturated heterocycles. The molecule has 0 aliphatic rings. The summed E-state index contributed by atoms with van der Waals surface area (Å²) in [5.74, 6) is 0.0119. The molecule has 0 aromatic heterocycles. The van der Waals surface area contributed by atoms with Gasteiger partial charge in [-0.25, -0.2) is 8.42 Å². The fraction of sp³-hybridized carbons (Fsp3) is 0.435. The van der Waals surface area contributed by atoms with E-state index in [0.717, 1.165) is 32.8 Å². The molecule has 0 unspecified atom stereocenters. The van der Waals surface area contributed by atoms with Crippen LogP contribution in [0.3, 0.4) is 0 Å². The summed E-state index contributed by atoms with van der Waals surface area (Å²) in [6.45, 7) is 11.4. The second kappa shape index (κ2) is 9.08. The van der Waals surface area contributed by atoms with Crippen LogP contribution in [0.5, 0.6) is 5.75 Å². The first-order valence-electron chi connectivity index (χ1n) is 9.89. The molecule has 1 amide bonds. The highest BCUT2D eigenvalue weighted by molar-refractivity contribution is 7.92. The predicted octanol–water partition coefficient (Wildman–Crippen LogP) is 3.96. The maximum Gasteiger partial charge on any atom is 0.244 e. The number of sulfonamides is 1. The van der Waals surface area contributed by atoms with Gasteiger partial charge in [-0.3, -0.25) is 9.10 Å². The van der Waals surface area contributed by atoms with Crippen LogP contribution in [0.2, 0.25) is 0 Å². The Hall–Kier alpha value is -2.54. The SMILES string of the molecule is COc1ccc(C)cc1N([C@H](C)C(=O)N[C@H](C)c1cc(C)c(C)cc1C)S(C)(=O)=O. The number of hydrogen-bond donors (Lipinski definition) is 1. The van der Waals surface area contributed by atoms with Crippen LogP contribution in [0.25, 0.3) is 0 Å². The largest absolute Gasteiger partial charge is 0.495 e. The van der Waals surface area contributed by atoms with Crippen LogP contribution in [0, 0.1) is 27.7 Å². The Morgan fingerprint density at radius 2 is 1.60 bits per heavy atom. The topological polar surface area (TPSA) is 75.7 Å². The zero-order chi connectivity index (χ0) is 22.8. The van der Waals surface area contributed by atoms with Gasteiger partial charge in [-0.05, 0) is 81.5 Å². The molecular formula is C23H32N2O4S. The number of carbonyl (C=O) groups excluding carboxylic acids is 1. The van der Waals surface area contributed by atoms with Gasteiger partial charge in [-0.1, -0.05) is 18.2 Å². The monoisotopic (exact) mass is 432 g/mol. The Kier molecular flexibility index (Phi) is 7.18. The van der Waals surface area contributed by atoms with Crippen molar-refractivity contribution in [2.24, 2.45) is 0 Å². The third-order valence-corrected chi connectivity index (χ3v) is 6.60. The molecule has 1 N–H and O–H groups in total. The zero-order valence-corrected chi connectivity index (χ0v) is 19.8. The van der Waals surface area contributed by atoms with Crippen LogP contribution in [-0.2, 0) is 14.8 Å². The summed E-state index contributed by atoms with van der Waals surface area (Å²) in [6, 6.07) is 8.19. The van der Waals surface area contributed by atoms with Crippen molar-refractivity contribution in [3.8, 4) is 5.75 Å². The summed E-state index contributed by atoms with van der Waals surface area (Å²) in [5, 5.41) is 2.97. The molecule has 2 aromatic carbocycles. The van der Waals surface area contributed by atoms with Crippen molar-refractivity contribution >= 4 is 21.6 Å². The second-order valence-electron chi connectivity index (χ2n) is 7.93. The van der Waals surface area contributed by atoms with Crippen molar-refractivity contribution in [2.45, 2.75) is 53.6 Å². The smallest absolute Gasteiger partial charge is 0.244 e. The van der Waals surface area contributed by atoms with Crippen molar-refractivity contribution in [1.82, 2.24) is 5.32 Å². The zero-order valence-electron chi connectivity index (χ0n) is 19.0. The van der Waals surface area contributed by atoms with Gasteiger partial charge in [0.25, 0.3) is 0 Å². The highest BCUT2D eigenvalue weighted by Gasteiger charge is 2.32. The molecule has 0 heterocycles. The number of amides is 1. The molecule has 30 heavy (non-hydrogen) atoms. The highest BCUT2D eigenvalue weighted by Crippen LogP contribution is 2.33. The Morgan fingerprint density at radius 3 is 2.17 bits per heavy atom. The minimum atomic E-state index is -3.74. The number of methoxy groups -OCH3 is 1. The van der Waals surface area contributed by atoms with Crippen molar-refractivity contribution in [1.29, 1.82) is 0 Å². The Bertz CT molecular complexity index is 1050. The maximum absolute atomic E-state index is 13.1. The normalized spacial score (nSPS) is 13.5. The Morgan fingerprint density at radius 1 is 1.00 bits per heavy atom. The van der Waals surface area contributed by atoms with E-state index in [4.69, 9.17) is 4.74 Å². The minimum Gasteiger partial charge on any atom is -0.495 e. The fourth-order valence-corrected chi connectivity index (χ4v) is 4.78.